The molecule has 0 aromatic carbocycles. The highest BCUT2D eigenvalue weighted by atomic mass is 28.5. The van der Waals surface area contributed by atoms with Crippen LogP contribution in [0.25, 0.3) is 0 Å². The van der Waals surface area contributed by atoms with Gasteiger partial charge in [0.05, 0.1) is 0 Å². The predicted molar refractivity (Wildman–Crippen MR) is 86.7 cm³/mol. The molecular formula is C10H29NO4Si4. The molecule has 0 aromatic heterocycles. The molecule has 1 fully saturated rings. The van der Waals surface area contributed by atoms with E-state index in [-0.39, 0.29) is 0 Å². The van der Waals surface area contributed by atoms with Gasteiger partial charge in [-0.05, 0) is 58.8 Å². The van der Waals surface area contributed by atoms with E-state index in [1.807, 2.05) is 0 Å². The zero-order valence-electron chi connectivity index (χ0n) is 13.5. The maximum absolute atomic E-state index is 6.35. The fraction of sp³-hybridized carbons (Fsp3) is 1.00. The van der Waals surface area contributed by atoms with Gasteiger partial charge in [-0.3, -0.25) is 4.98 Å². The lowest BCUT2D eigenvalue weighted by Crippen LogP contribution is -2.69. The predicted octanol–water partition coefficient (Wildman–Crippen LogP) is 2.74. The zero-order chi connectivity index (χ0) is 14.9. The quantitative estimate of drug-likeness (QED) is 0.801. The Hall–Kier alpha value is 0.668. The summed E-state index contributed by atoms with van der Waals surface area (Å²) in [5.41, 5.74) is 0. The molecule has 0 saturated carbocycles. The minimum atomic E-state index is -2.43. The normalized spacial score (nSPS) is 28.4. The molecule has 1 aliphatic rings. The monoisotopic (exact) mass is 339 g/mol. The average Bonchev–Trinajstić information content (AvgIpc) is 2.06. The van der Waals surface area contributed by atoms with Gasteiger partial charge in [0.25, 0.3) is 0 Å². The molecular weight excluding hydrogens is 310 g/mol. The van der Waals surface area contributed by atoms with Crippen LogP contribution in [0.1, 0.15) is 13.3 Å². The minimum Gasteiger partial charge on any atom is -0.416 e. The third kappa shape index (κ3) is 5.89. The van der Waals surface area contributed by atoms with Crippen molar-refractivity contribution in [2.24, 2.45) is 0 Å². The number of hydrogen-bond donors (Lipinski definition) is 1. The Kier molecular flexibility index (Phi) is 5.42. The third-order valence-corrected chi connectivity index (χ3v) is 18.4. The van der Waals surface area contributed by atoms with Crippen molar-refractivity contribution in [3.63, 3.8) is 0 Å². The first-order chi connectivity index (χ1) is 8.39. The van der Waals surface area contributed by atoms with Gasteiger partial charge in [-0.25, -0.2) is 0 Å². The van der Waals surface area contributed by atoms with E-state index < -0.39 is 34.4 Å². The van der Waals surface area contributed by atoms with E-state index in [4.69, 9.17) is 16.5 Å². The molecule has 0 spiro atoms. The lowest BCUT2D eigenvalue weighted by atomic mass is 10.5. The summed E-state index contributed by atoms with van der Waals surface area (Å²) in [5, 5.41) is 0. The van der Waals surface area contributed by atoms with Crippen molar-refractivity contribution in [1.82, 2.24) is 4.98 Å². The van der Waals surface area contributed by atoms with Gasteiger partial charge < -0.3 is 16.5 Å². The van der Waals surface area contributed by atoms with Crippen LogP contribution in [0.3, 0.4) is 0 Å². The molecule has 1 heterocycles. The molecule has 0 atom stereocenters. The van der Waals surface area contributed by atoms with Crippen molar-refractivity contribution < 1.29 is 16.5 Å². The molecule has 5 nitrogen and oxygen atoms in total. The standard InChI is InChI=1S/C10H29NO4Si4/c1-9-10-11-19(8)14-17(4,5)12-16(2,3)13-18(6,7)15-19/h11H,9-10H2,1-8H3. The molecule has 0 aliphatic carbocycles. The van der Waals surface area contributed by atoms with Crippen LogP contribution >= 0.6 is 0 Å². The molecule has 1 saturated heterocycles. The van der Waals surface area contributed by atoms with E-state index in [0.29, 0.717) is 0 Å². The summed E-state index contributed by atoms with van der Waals surface area (Å²) in [6.07, 6.45) is 1.06. The summed E-state index contributed by atoms with van der Waals surface area (Å²) in [4.78, 5) is 3.47. The number of rotatable bonds is 3. The fourth-order valence-electron chi connectivity index (χ4n) is 2.63. The van der Waals surface area contributed by atoms with Crippen LogP contribution in [-0.4, -0.2) is 41.0 Å². The second-order valence-corrected chi connectivity index (χ2v) is 20.4. The summed E-state index contributed by atoms with van der Waals surface area (Å²) >= 11 is 0. The first kappa shape index (κ1) is 17.7. The van der Waals surface area contributed by atoms with Gasteiger partial charge in [0.2, 0.25) is 0 Å². The van der Waals surface area contributed by atoms with Crippen molar-refractivity contribution in [3.05, 3.63) is 0 Å². The summed E-state index contributed by atoms with van der Waals surface area (Å²) in [6, 6.07) is 0. The lowest BCUT2D eigenvalue weighted by molar-refractivity contribution is 0.227. The molecule has 1 rings (SSSR count). The van der Waals surface area contributed by atoms with Crippen LogP contribution in [0.15, 0.2) is 0 Å². The first-order valence-corrected chi connectivity index (χ1v) is 17.7. The number of nitrogens with one attached hydrogen (secondary N) is 1. The van der Waals surface area contributed by atoms with Gasteiger partial charge in [-0.15, -0.1) is 0 Å². The van der Waals surface area contributed by atoms with Gasteiger partial charge in [-0.1, -0.05) is 6.92 Å². The van der Waals surface area contributed by atoms with Gasteiger partial charge in [0, 0.05) is 0 Å². The SMILES string of the molecule is CCCN[Si]1(C)O[Si](C)(C)O[Si](C)(C)O[Si](C)(C)O1. The highest BCUT2D eigenvalue weighted by Gasteiger charge is 2.52. The van der Waals surface area contributed by atoms with E-state index in [1.54, 1.807) is 0 Å². The van der Waals surface area contributed by atoms with Crippen LogP contribution in [0.5, 0.6) is 0 Å². The van der Waals surface area contributed by atoms with Crippen molar-refractivity contribution >= 4 is 34.4 Å². The topological polar surface area (TPSA) is 49.0 Å². The van der Waals surface area contributed by atoms with Gasteiger partial charge in [0.1, 0.15) is 0 Å². The Morgan fingerprint density at radius 2 is 1.05 bits per heavy atom. The Balaban J connectivity index is 2.97. The second-order valence-electron chi connectivity index (χ2n) is 6.48. The van der Waals surface area contributed by atoms with Gasteiger partial charge in [0.15, 0.2) is 0 Å². The molecule has 114 valence electrons. The fourth-order valence-corrected chi connectivity index (χ4v) is 23.1. The van der Waals surface area contributed by atoms with Crippen LogP contribution in [0.4, 0.5) is 0 Å². The highest BCUT2D eigenvalue weighted by Crippen LogP contribution is 2.29. The summed E-state index contributed by atoms with van der Waals surface area (Å²) in [5.74, 6) is 0. The highest BCUT2D eigenvalue weighted by molar-refractivity contribution is 6.92. The van der Waals surface area contributed by atoms with Crippen LogP contribution < -0.4 is 4.98 Å². The second kappa shape index (κ2) is 5.81. The van der Waals surface area contributed by atoms with Crippen molar-refractivity contribution in [2.45, 2.75) is 59.2 Å². The van der Waals surface area contributed by atoms with Crippen molar-refractivity contribution in [1.29, 1.82) is 0 Å². The molecule has 19 heavy (non-hydrogen) atoms. The molecule has 1 aliphatic heterocycles. The Morgan fingerprint density at radius 1 is 0.684 bits per heavy atom. The maximum Gasteiger partial charge on any atom is 0.404 e. The summed E-state index contributed by atoms with van der Waals surface area (Å²) in [6.45, 7) is 17.6. The van der Waals surface area contributed by atoms with E-state index in [9.17, 15) is 0 Å². The third-order valence-electron chi connectivity index (χ3n) is 2.56. The zero-order valence-corrected chi connectivity index (χ0v) is 17.5. The van der Waals surface area contributed by atoms with Crippen LogP contribution in [0, 0.1) is 0 Å². The van der Waals surface area contributed by atoms with Crippen molar-refractivity contribution in [2.75, 3.05) is 6.54 Å². The molecule has 1 N–H and O–H groups in total. The van der Waals surface area contributed by atoms with E-state index in [2.05, 4.69) is 57.7 Å². The van der Waals surface area contributed by atoms with Gasteiger partial charge in [-0.2, -0.15) is 0 Å². The summed E-state index contributed by atoms with van der Waals surface area (Å²) in [7, 11) is -9.04. The smallest absolute Gasteiger partial charge is 0.404 e. The molecule has 0 unspecified atom stereocenters. The average molecular weight is 340 g/mol. The molecule has 0 aromatic rings. The number of hydrogen-bond acceptors (Lipinski definition) is 5. The largest absolute Gasteiger partial charge is 0.416 e. The molecule has 0 radical (unpaired) electrons. The molecule has 0 amide bonds. The molecule has 9 heteroatoms. The van der Waals surface area contributed by atoms with Crippen LogP contribution in [0.2, 0.25) is 45.8 Å². The Labute approximate surface area is 122 Å². The van der Waals surface area contributed by atoms with Crippen LogP contribution in [-0.2, 0) is 16.5 Å². The Bertz CT molecular complexity index is 303. The maximum atomic E-state index is 6.35. The Morgan fingerprint density at radius 3 is 1.42 bits per heavy atom. The minimum absolute atomic E-state index is 0.901. The van der Waals surface area contributed by atoms with Gasteiger partial charge >= 0.3 is 34.4 Å². The summed E-state index contributed by atoms with van der Waals surface area (Å²) < 4.78 is 25.2. The van der Waals surface area contributed by atoms with E-state index in [0.717, 1.165) is 13.0 Å². The lowest BCUT2D eigenvalue weighted by Gasteiger charge is -2.47. The first-order valence-electron chi connectivity index (χ1n) is 6.94. The molecule has 0 bridgehead atoms. The van der Waals surface area contributed by atoms with E-state index in [1.165, 1.54) is 0 Å². The van der Waals surface area contributed by atoms with E-state index >= 15 is 0 Å². The van der Waals surface area contributed by atoms with Crippen molar-refractivity contribution in [3.8, 4) is 0 Å².